The number of fused-ring (bicyclic) bond motifs is 1. The van der Waals surface area contributed by atoms with Gasteiger partial charge >= 0.3 is 0 Å². The highest BCUT2D eigenvalue weighted by atomic mass is 16.5. The molecule has 0 unspecified atom stereocenters. The van der Waals surface area contributed by atoms with Crippen molar-refractivity contribution in [2.75, 3.05) is 6.61 Å². The summed E-state index contributed by atoms with van der Waals surface area (Å²) in [6.07, 6.45) is 1.63. The van der Waals surface area contributed by atoms with Crippen LogP contribution in [0.3, 0.4) is 0 Å². The predicted octanol–water partition coefficient (Wildman–Crippen LogP) is 3.99. The number of hydrogen-bond donors (Lipinski definition) is 1. The summed E-state index contributed by atoms with van der Waals surface area (Å²) in [4.78, 5) is 11.8. The van der Waals surface area contributed by atoms with Gasteiger partial charge < -0.3 is 4.74 Å². The topological polar surface area (TPSA) is 50.7 Å². The van der Waals surface area contributed by atoms with Gasteiger partial charge in [0.25, 0.3) is 5.91 Å². The van der Waals surface area contributed by atoms with Crippen molar-refractivity contribution in [1.82, 2.24) is 5.43 Å². The van der Waals surface area contributed by atoms with Crippen LogP contribution in [-0.4, -0.2) is 18.7 Å². The molecule has 0 bridgehead atoms. The number of ether oxygens (including phenoxy) is 1. The maximum absolute atomic E-state index is 11.8. The standard InChI is InChI=1S/C21H20N2O2/c1-15-9-16(2)11-20(10-15)25-14-21(24)23-22-13-17-7-8-18-5-3-4-6-19(18)12-17/h3-13H,14H2,1-2H3,(H,23,24)/b22-13+. The maximum Gasteiger partial charge on any atom is 0.277 e. The second-order valence-electron chi connectivity index (χ2n) is 6.01. The van der Waals surface area contributed by atoms with Gasteiger partial charge in [-0.1, -0.05) is 42.5 Å². The Morgan fingerprint density at radius 1 is 1.00 bits per heavy atom. The van der Waals surface area contributed by atoms with E-state index in [1.165, 1.54) is 5.39 Å². The van der Waals surface area contributed by atoms with E-state index < -0.39 is 0 Å². The molecule has 1 N–H and O–H groups in total. The molecule has 4 nitrogen and oxygen atoms in total. The van der Waals surface area contributed by atoms with Gasteiger partial charge in [-0.05, 0) is 59.5 Å². The maximum atomic E-state index is 11.8. The molecule has 4 heteroatoms. The number of carbonyl (C=O) groups is 1. The highest BCUT2D eigenvalue weighted by Crippen LogP contribution is 2.16. The molecular formula is C21H20N2O2. The summed E-state index contributed by atoms with van der Waals surface area (Å²) in [5.41, 5.74) is 5.61. The lowest BCUT2D eigenvalue weighted by Gasteiger charge is -2.07. The molecule has 0 radical (unpaired) electrons. The lowest BCUT2D eigenvalue weighted by molar-refractivity contribution is -0.123. The molecule has 0 aliphatic carbocycles. The number of nitrogens with zero attached hydrogens (tertiary/aromatic N) is 1. The zero-order chi connectivity index (χ0) is 17.6. The number of hydrogen-bond acceptors (Lipinski definition) is 3. The number of amides is 1. The van der Waals surface area contributed by atoms with Crippen molar-refractivity contribution in [1.29, 1.82) is 0 Å². The van der Waals surface area contributed by atoms with Crippen molar-refractivity contribution in [2.24, 2.45) is 5.10 Å². The molecule has 0 aliphatic heterocycles. The molecule has 0 saturated carbocycles. The van der Waals surface area contributed by atoms with Crippen molar-refractivity contribution in [3.8, 4) is 5.75 Å². The van der Waals surface area contributed by atoms with Crippen molar-refractivity contribution in [3.05, 3.63) is 77.4 Å². The first-order valence-electron chi connectivity index (χ1n) is 8.12. The van der Waals surface area contributed by atoms with E-state index in [4.69, 9.17) is 4.74 Å². The van der Waals surface area contributed by atoms with Crippen molar-refractivity contribution in [3.63, 3.8) is 0 Å². The Balaban J connectivity index is 1.54. The van der Waals surface area contributed by atoms with Gasteiger partial charge in [0.15, 0.2) is 6.61 Å². The number of nitrogens with one attached hydrogen (secondary N) is 1. The minimum atomic E-state index is -0.295. The summed E-state index contributed by atoms with van der Waals surface area (Å²) in [5, 5.41) is 6.30. The van der Waals surface area contributed by atoms with Gasteiger partial charge in [-0.25, -0.2) is 5.43 Å². The highest BCUT2D eigenvalue weighted by molar-refractivity contribution is 5.90. The average Bonchev–Trinajstić information content (AvgIpc) is 2.59. The summed E-state index contributed by atoms with van der Waals surface area (Å²) in [7, 11) is 0. The van der Waals surface area contributed by atoms with E-state index in [-0.39, 0.29) is 12.5 Å². The van der Waals surface area contributed by atoms with Crippen LogP contribution in [0.15, 0.2) is 65.8 Å². The van der Waals surface area contributed by atoms with E-state index in [0.29, 0.717) is 5.75 Å². The summed E-state index contributed by atoms with van der Waals surface area (Å²) >= 11 is 0. The quantitative estimate of drug-likeness (QED) is 0.567. The van der Waals surface area contributed by atoms with Gasteiger partial charge in [-0.3, -0.25) is 4.79 Å². The number of hydrazone groups is 1. The van der Waals surface area contributed by atoms with Crippen LogP contribution in [0.1, 0.15) is 16.7 Å². The van der Waals surface area contributed by atoms with Crippen LogP contribution < -0.4 is 10.2 Å². The monoisotopic (exact) mass is 332 g/mol. The van der Waals surface area contributed by atoms with E-state index in [2.05, 4.69) is 22.7 Å². The van der Waals surface area contributed by atoms with Crippen LogP contribution in [0, 0.1) is 13.8 Å². The molecular weight excluding hydrogens is 312 g/mol. The molecule has 1 amide bonds. The number of benzene rings is 3. The first-order valence-corrected chi connectivity index (χ1v) is 8.12. The van der Waals surface area contributed by atoms with Crippen LogP contribution in [-0.2, 0) is 4.79 Å². The third-order valence-electron chi connectivity index (χ3n) is 3.74. The van der Waals surface area contributed by atoms with Crippen molar-refractivity contribution < 1.29 is 9.53 Å². The predicted molar refractivity (Wildman–Crippen MR) is 101 cm³/mol. The number of rotatable bonds is 5. The summed E-state index contributed by atoms with van der Waals surface area (Å²) in [6.45, 7) is 3.92. The van der Waals surface area contributed by atoms with Gasteiger partial charge in [0.05, 0.1) is 6.21 Å². The first kappa shape index (κ1) is 16.7. The fourth-order valence-corrected chi connectivity index (χ4v) is 2.66. The van der Waals surface area contributed by atoms with Gasteiger partial charge in [0.2, 0.25) is 0 Å². The molecule has 0 heterocycles. The van der Waals surface area contributed by atoms with Crippen LogP contribution in [0.25, 0.3) is 10.8 Å². The molecule has 0 aromatic heterocycles. The fourth-order valence-electron chi connectivity index (χ4n) is 2.66. The van der Waals surface area contributed by atoms with Gasteiger partial charge in [-0.2, -0.15) is 5.10 Å². The lowest BCUT2D eigenvalue weighted by atomic mass is 10.1. The zero-order valence-corrected chi connectivity index (χ0v) is 14.3. The Hall–Kier alpha value is -3.14. The van der Waals surface area contributed by atoms with Crippen LogP contribution in [0.2, 0.25) is 0 Å². The van der Waals surface area contributed by atoms with Gasteiger partial charge in [0, 0.05) is 0 Å². The molecule has 0 atom stereocenters. The Morgan fingerprint density at radius 3 is 2.48 bits per heavy atom. The molecule has 0 fully saturated rings. The third-order valence-corrected chi connectivity index (χ3v) is 3.74. The van der Waals surface area contributed by atoms with Crippen LogP contribution in [0.5, 0.6) is 5.75 Å². The molecule has 3 rings (SSSR count). The van der Waals surface area contributed by atoms with E-state index in [1.54, 1.807) is 6.21 Å². The summed E-state index contributed by atoms with van der Waals surface area (Å²) in [5.74, 6) is 0.391. The first-order chi connectivity index (χ1) is 12.1. The minimum Gasteiger partial charge on any atom is -0.484 e. The lowest BCUT2D eigenvalue weighted by Crippen LogP contribution is -2.24. The zero-order valence-electron chi connectivity index (χ0n) is 14.3. The van der Waals surface area contributed by atoms with Crippen molar-refractivity contribution >= 4 is 22.9 Å². The Morgan fingerprint density at radius 2 is 1.72 bits per heavy atom. The Bertz CT molecular complexity index is 912. The molecule has 3 aromatic rings. The molecule has 0 saturated heterocycles. The van der Waals surface area contributed by atoms with Gasteiger partial charge in [-0.15, -0.1) is 0 Å². The van der Waals surface area contributed by atoms with E-state index in [9.17, 15) is 4.79 Å². The average molecular weight is 332 g/mol. The normalized spacial score (nSPS) is 11.0. The molecule has 25 heavy (non-hydrogen) atoms. The van der Waals surface area contributed by atoms with Gasteiger partial charge in [0.1, 0.15) is 5.75 Å². The molecule has 3 aromatic carbocycles. The summed E-state index contributed by atoms with van der Waals surface area (Å²) in [6, 6.07) is 20.0. The summed E-state index contributed by atoms with van der Waals surface area (Å²) < 4.78 is 5.50. The molecule has 0 spiro atoms. The third kappa shape index (κ3) is 4.67. The highest BCUT2D eigenvalue weighted by Gasteiger charge is 2.02. The largest absolute Gasteiger partial charge is 0.484 e. The Labute approximate surface area is 147 Å². The molecule has 0 aliphatic rings. The van der Waals surface area contributed by atoms with Crippen molar-refractivity contribution in [2.45, 2.75) is 13.8 Å². The second-order valence-corrected chi connectivity index (χ2v) is 6.01. The van der Waals surface area contributed by atoms with E-state index in [1.807, 2.05) is 62.4 Å². The second kappa shape index (κ2) is 7.62. The fraction of sp³-hybridized carbons (Fsp3) is 0.143. The minimum absolute atomic E-state index is 0.0715. The SMILES string of the molecule is Cc1cc(C)cc(OCC(=O)N/N=C/c2ccc3ccccc3c2)c1. The van der Waals surface area contributed by atoms with Crippen LogP contribution >= 0.6 is 0 Å². The molecule has 126 valence electrons. The number of aryl methyl sites for hydroxylation is 2. The Kier molecular flexibility index (Phi) is 5.09. The smallest absolute Gasteiger partial charge is 0.277 e. The van der Waals surface area contributed by atoms with Crippen LogP contribution in [0.4, 0.5) is 0 Å². The van der Waals surface area contributed by atoms with E-state index >= 15 is 0 Å². The number of carbonyl (C=O) groups excluding carboxylic acids is 1. The van der Waals surface area contributed by atoms with E-state index in [0.717, 1.165) is 22.1 Å².